The SMILES string of the molecule is CCOC(=O)c1cccc(-n2c(C)cc(/C=C3\SC(=Nc4cc(C(=O)O)ccc4C)N(C)C3=O)c2C)c1. The second-order valence-electron chi connectivity index (χ2n) is 8.61. The summed E-state index contributed by atoms with van der Waals surface area (Å²) in [7, 11) is 1.65. The van der Waals surface area contributed by atoms with E-state index in [1.165, 1.54) is 28.8 Å². The number of aliphatic imine (C=N–C) groups is 1. The van der Waals surface area contributed by atoms with Crippen LogP contribution in [0.25, 0.3) is 11.8 Å². The minimum absolute atomic E-state index is 0.136. The third-order valence-corrected chi connectivity index (χ3v) is 7.11. The molecule has 3 aromatic rings. The molecule has 0 bridgehead atoms. The minimum Gasteiger partial charge on any atom is -0.478 e. The molecule has 1 amide bonds. The molecule has 2 aromatic carbocycles. The zero-order chi connectivity index (χ0) is 26.9. The van der Waals surface area contributed by atoms with Crippen molar-refractivity contribution >= 4 is 46.5 Å². The van der Waals surface area contributed by atoms with Gasteiger partial charge in [0.05, 0.1) is 28.3 Å². The number of carboxylic acids is 1. The number of rotatable bonds is 6. The second kappa shape index (κ2) is 10.5. The summed E-state index contributed by atoms with van der Waals surface area (Å²) in [5.41, 5.74) is 5.47. The van der Waals surface area contributed by atoms with Gasteiger partial charge < -0.3 is 14.4 Å². The zero-order valence-electron chi connectivity index (χ0n) is 21.2. The van der Waals surface area contributed by atoms with Crippen molar-refractivity contribution in [3.63, 3.8) is 0 Å². The number of ether oxygens (including phenoxy) is 1. The van der Waals surface area contributed by atoms with Crippen LogP contribution in [0.3, 0.4) is 0 Å². The van der Waals surface area contributed by atoms with Crippen molar-refractivity contribution in [3.8, 4) is 5.69 Å². The molecule has 1 fully saturated rings. The van der Waals surface area contributed by atoms with Gasteiger partial charge in [-0.1, -0.05) is 12.1 Å². The lowest BCUT2D eigenvalue weighted by Gasteiger charge is -2.11. The molecule has 1 N–H and O–H groups in total. The van der Waals surface area contributed by atoms with Crippen molar-refractivity contribution in [2.24, 2.45) is 4.99 Å². The first-order chi connectivity index (χ1) is 17.6. The Hall–Kier alpha value is -4.11. The monoisotopic (exact) mass is 517 g/mol. The maximum atomic E-state index is 13.0. The number of aryl methyl sites for hydroxylation is 2. The van der Waals surface area contributed by atoms with E-state index in [2.05, 4.69) is 4.99 Å². The van der Waals surface area contributed by atoms with Crippen molar-refractivity contribution in [3.05, 3.63) is 87.1 Å². The van der Waals surface area contributed by atoms with Gasteiger partial charge in [-0.05, 0) is 93.1 Å². The first-order valence-electron chi connectivity index (χ1n) is 11.7. The van der Waals surface area contributed by atoms with Gasteiger partial charge in [-0.15, -0.1) is 0 Å². The number of amides is 1. The van der Waals surface area contributed by atoms with E-state index in [0.29, 0.717) is 27.9 Å². The Morgan fingerprint density at radius 1 is 1.08 bits per heavy atom. The number of amidine groups is 1. The maximum Gasteiger partial charge on any atom is 0.338 e. The Morgan fingerprint density at radius 3 is 2.54 bits per heavy atom. The van der Waals surface area contributed by atoms with Crippen LogP contribution in [0, 0.1) is 20.8 Å². The molecule has 1 aliphatic rings. The van der Waals surface area contributed by atoms with Crippen LogP contribution < -0.4 is 0 Å². The second-order valence-corrected chi connectivity index (χ2v) is 9.62. The van der Waals surface area contributed by atoms with Gasteiger partial charge in [-0.25, -0.2) is 14.6 Å². The third-order valence-electron chi connectivity index (χ3n) is 6.05. The molecule has 0 atom stereocenters. The highest BCUT2D eigenvalue weighted by Crippen LogP contribution is 2.35. The number of carbonyl (C=O) groups is 3. The topological polar surface area (TPSA) is 101 Å². The largest absolute Gasteiger partial charge is 0.478 e. The van der Waals surface area contributed by atoms with E-state index < -0.39 is 5.97 Å². The predicted molar refractivity (Wildman–Crippen MR) is 145 cm³/mol. The van der Waals surface area contributed by atoms with E-state index in [1.54, 1.807) is 32.2 Å². The average Bonchev–Trinajstić information content (AvgIpc) is 3.29. The van der Waals surface area contributed by atoms with Gasteiger partial charge in [0.15, 0.2) is 5.17 Å². The molecule has 37 heavy (non-hydrogen) atoms. The Kier molecular flexibility index (Phi) is 7.35. The number of thioether (sulfide) groups is 1. The summed E-state index contributed by atoms with van der Waals surface area (Å²) in [6.07, 6.45) is 1.83. The van der Waals surface area contributed by atoms with Crippen LogP contribution in [0.2, 0.25) is 0 Å². The highest BCUT2D eigenvalue weighted by Gasteiger charge is 2.31. The van der Waals surface area contributed by atoms with Crippen LogP contribution in [-0.2, 0) is 9.53 Å². The molecule has 0 spiro atoms. The van der Waals surface area contributed by atoms with E-state index in [1.807, 2.05) is 49.6 Å². The Balaban J connectivity index is 1.67. The van der Waals surface area contributed by atoms with Crippen molar-refractivity contribution in [1.29, 1.82) is 0 Å². The van der Waals surface area contributed by atoms with Crippen LogP contribution in [0.1, 0.15) is 50.2 Å². The quantitative estimate of drug-likeness (QED) is 0.342. The summed E-state index contributed by atoms with van der Waals surface area (Å²) in [6, 6.07) is 14.0. The van der Waals surface area contributed by atoms with Gasteiger partial charge in [0.1, 0.15) is 0 Å². The van der Waals surface area contributed by atoms with Gasteiger partial charge in [0, 0.05) is 24.1 Å². The van der Waals surface area contributed by atoms with E-state index in [4.69, 9.17) is 4.74 Å². The lowest BCUT2D eigenvalue weighted by molar-refractivity contribution is -0.121. The van der Waals surface area contributed by atoms with Gasteiger partial charge in [0.25, 0.3) is 5.91 Å². The molecule has 0 saturated carbocycles. The summed E-state index contributed by atoms with van der Waals surface area (Å²) >= 11 is 1.24. The summed E-state index contributed by atoms with van der Waals surface area (Å²) in [6.45, 7) is 7.84. The first kappa shape index (κ1) is 26.0. The fourth-order valence-corrected chi connectivity index (χ4v) is 5.05. The van der Waals surface area contributed by atoms with Crippen LogP contribution in [0.15, 0.2) is 58.4 Å². The maximum absolute atomic E-state index is 13.0. The van der Waals surface area contributed by atoms with Crippen LogP contribution in [0.5, 0.6) is 0 Å². The Morgan fingerprint density at radius 2 is 1.84 bits per heavy atom. The van der Waals surface area contributed by atoms with Crippen LogP contribution >= 0.6 is 11.8 Å². The number of benzene rings is 2. The number of aromatic nitrogens is 1. The van der Waals surface area contributed by atoms with Crippen molar-refractivity contribution < 1.29 is 24.2 Å². The van der Waals surface area contributed by atoms with E-state index in [9.17, 15) is 19.5 Å². The molecule has 1 aliphatic heterocycles. The third kappa shape index (κ3) is 5.22. The fourth-order valence-electron chi connectivity index (χ4n) is 4.08. The number of carboxylic acid groups (broad SMARTS) is 1. The molecule has 2 heterocycles. The first-order valence-corrected chi connectivity index (χ1v) is 12.5. The highest BCUT2D eigenvalue weighted by atomic mass is 32.2. The summed E-state index contributed by atoms with van der Waals surface area (Å²) < 4.78 is 7.16. The molecule has 1 saturated heterocycles. The molecule has 4 rings (SSSR count). The van der Waals surface area contributed by atoms with Crippen LogP contribution in [-0.4, -0.2) is 51.2 Å². The van der Waals surface area contributed by atoms with Gasteiger partial charge in [-0.3, -0.25) is 9.69 Å². The van der Waals surface area contributed by atoms with Crippen molar-refractivity contribution in [2.45, 2.75) is 27.7 Å². The summed E-state index contributed by atoms with van der Waals surface area (Å²) in [5.74, 6) is -1.60. The summed E-state index contributed by atoms with van der Waals surface area (Å²) in [5, 5.41) is 9.78. The van der Waals surface area contributed by atoms with E-state index in [0.717, 1.165) is 28.2 Å². The smallest absolute Gasteiger partial charge is 0.338 e. The normalized spacial score (nSPS) is 15.6. The molecule has 1 aromatic heterocycles. The number of hydrogen-bond donors (Lipinski definition) is 1. The molecular weight excluding hydrogens is 490 g/mol. The number of aromatic carboxylic acids is 1. The van der Waals surface area contributed by atoms with E-state index >= 15 is 0 Å². The number of hydrogen-bond acceptors (Lipinski definition) is 6. The van der Waals surface area contributed by atoms with Gasteiger partial charge in [-0.2, -0.15) is 0 Å². The highest BCUT2D eigenvalue weighted by molar-refractivity contribution is 8.18. The molecule has 190 valence electrons. The lowest BCUT2D eigenvalue weighted by Crippen LogP contribution is -2.23. The molecule has 0 unspecified atom stereocenters. The Labute approximate surface area is 219 Å². The van der Waals surface area contributed by atoms with Crippen LogP contribution in [0.4, 0.5) is 5.69 Å². The van der Waals surface area contributed by atoms with E-state index in [-0.39, 0.29) is 17.4 Å². The number of likely N-dealkylation sites (N-methyl/N-ethyl adjacent to an activating group) is 1. The lowest BCUT2D eigenvalue weighted by atomic mass is 10.1. The molecule has 9 heteroatoms. The Bertz CT molecular complexity index is 1480. The molecule has 0 aliphatic carbocycles. The minimum atomic E-state index is -1.03. The average molecular weight is 518 g/mol. The molecular formula is C28H27N3O5S. The zero-order valence-corrected chi connectivity index (χ0v) is 22.0. The summed E-state index contributed by atoms with van der Waals surface area (Å²) in [4.78, 5) is 43.2. The fraction of sp³-hybridized carbons (Fsp3) is 0.214. The molecule has 0 radical (unpaired) electrons. The number of nitrogens with zero attached hydrogens (tertiary/aromatic N) is 3. The molecule has 8 nitrogen and oxygen atoms in total. The standard InChI is InChI=1S/C28H27N3O5S/c1-6-36-27(35)20-8-7-9-22(13-20)31-17(3)12-21(18(31)4)15-24-25(32)30(5)28(37-24)29-23-14-19(26(33)34)11-10-16(23)2/h7-15H,6H2,1-5H3,(H,33,34)/b24-15-,29-28?. The van der Waals surface area contributed by atoms with Gasteiger partial charge in [0.2, 0.25) is 0 Å². The van der Waals surface area contributed by atoms with Crippen molar-refractivity contribution in [2.75, 3.05) is 13.7 Å². The predicted octanol–water partition coefficient (Wildman–Crippen LogP) is 5.51. The van der Waals surface area contributed by atoms with Gasteiger partial charge >= 0.3 is 11.9 Å². The van der Waals surface area contributed by atoms with Crippen molar-refractivity contribution in [1.82, 2.24) is 9.47 Å². The number of esters is 1. The number of carbonyl (C=O) groups excluding carboxylic acids is 2.